The molecule has 1 aromatic heterocycles. The monoisotopic (exact) mass is 350 g/mol. The van der Waals surface area contributed by atoms with Crippen LogP contribution in [0.25, 0.3) is 11.0 Å². The maximum atomic E-state index is 12.6. The topological polar surface area (TPSA) is 107 Å². The number of aromatic nitrogens is 2. The van der Waals surface area contributed by atoms with E-state index in [1.807, 2.05) is 0 Å². The number of rotatable bonds is 4. The van der Waals surface area contributed by atoms with Gasteiger partial charge in [-0.05, 0) is 31.0 Å². The van der Waals surface area contributed by atoms with Gasteiger partial charge in [0.05, 0.1) is 17.6 Å². The molecule has 1 aliphatic rings. The second-order valence-electron chi connectivity index (χ2n) is 6.10. The number of aromatic amines is 1. The van der Waals surface area contributed by atoms with Crippen LogP contribution in [0.1, 0.15) is 37.9 Å². The first-order valence-electron chi connectivity index (χ1n) is 7.92. The van der Waals surface area contributed by atoms with E-state index in [0.29, 0.717) is 23.7 Å². The van der Waals surface area contributed by atoms with Gasteiger partial charge in [-0.15, -0.1) is 0 Å². The summed E-state index contributed by atoms with van der Waals surface area (Å²) in [6, 6.07) is 5.32. The zero-order valence-electron chi connectivity index (χ0n) is 13.1. The molecule has 0 unspecified atom stereocenters. The summed E-state index contributed by atoms with van der Waals surface area (Å²) in [7, 11) is 0. The fraction of sp³-hybridized carbons (Fsp3) is 0.438. The molecule has 1 fully saturated rings. The van der Waals surface area contributed by atoms with E-state index in [2.05, 4.69) is 20.6 Å². The number of carbonyl (C=O) groups excluding carboxylic acids is 1. The number of H-pyrrole nitrogens is 1. The average molecular weight is 351 g/mol. The van der Waals surface area contributed by atoms with Crippen LogP contribution in [-0.4, -0.2) is 32.6 Å². The molecule has 4 N–H and O–H groups in total. The molecular weight excluding hydrogens is 332 g/mol. The van der Waals surface area contributed by atoms with Crippen LogP contribution in [0.5, 0.6) is 0 Å². The number of nitrogens with zero attached hydrogens (tertiary/aromatic N) is 1. The van der Waals surface area contributed by atoms with Crippen molar-refractivity contribution in [3.8, 4) is 0 Å². The minimum absolute atomic E-state index is 0.203. The van der Waals surface area contributed by atoms with Crippen molar-refractivity contribution in [2.45, 2.75) is 44.2 Å². The third-order valence-electron chi connectivity index (χ3n) is 4.40. The molecule has 1 saturated carbocycles. The van der Waals surface area contributed by atoms with E-state index in [1.165, 1.54) is 0 Å². The Morgan fingerprint density at radius 3 is 2.75 bits per heavy atom. The van der Waals surface area contributed by atoms with Gasteiger partial charge in [-0.25, -0.2) is 9.78 Å². The zero-order chi connectivity index (χ0) is 17.2. The Morgan fingerprint density at radius 2 is 2.04 bits per heavy atom. The number of halogens is 1. The lowest BCUT2D eigenvalue weighted by molar-refractivity contribution is -0.129. The lowest BCUT2D eigenvalue weighted by Gasteiger charge is -2.35. The molecule has 3 rings (SSSR count). The van der Waals surface area contributed by atoms with Gasteiger partial charge in [0.15, 0.2) is 0 Å². The average Bonchev–Trinajstić information content (AvgIpc) is 2.94. The second-order valence-corrected chi connectivity index (χ2v) is 6.54. The molecule has 0 bridgehead atoms. The number of hydrogen-bond donors (Lipinski definition) is 4. The van der Waals surface area contributed by atoms with Gasteiger partial charge >= 0.3 is 6.09 Å². The van der Waals surface area contributed by atoms with Gasteiger partial charge in [-0.1, -0.05) is 30.9 Å². The van der Waals surface area contributed by atoms with Crippen molar-refractivity contribution in [1.29, 1.82) is 0 Å². The molecule has 24 heavy (non-hydrogen) atoms. The zero-order valence-corrected chi connectivity index (χ0v) is 13.8. The van der Waals surface area contributed by atoms with E-state index < -0.39 is 11.6 Å². The summed E-state index contributed by atoms with van der Waals surface area (Å²) in [6.07, 6.45) is 2.53. The van der Waals surface area contributed by atoms with Crippen molar-refractivity contribution in [2.24, 2.45) is 0 Å². The van der Waals surface area contributed by atoms with Crippen molar-refractivity contribution in [2.75, 3.05) is 0 Å². The first-order valence-corrected chi connectivity index (χ1v) is 8.30. The van der Waals surface area contributed by atoms with Gasteiger partial charge in [-0.2, -0.15) is 0 Å². The predicted octanol–water partition coefficient (Wildman–Crippen LogP) is 2.80. The van der Waals surface area contributed by atoms with Crippen LogP contribution in [0.2, 0.25) is 5.02 Å². The summed E-state index contributed by atoms with van der Waals surface area (Å²) in [5.41, 5.74) is 0.516. The highest BCUT2D eigenvalue weighted by Gasteiger charge is 2.40. The first-order chi connectivity index (χ1) is 11.5. The minimum Gasteiger partial charge on any atom is -0.465 e. The van der Waals surface area contributed by atoms with Gasteiger partial charge < -0.3 is 20.7 Å². The van der Waals surface area contributed by atoms with Gasteiger partial charge in [0, 0.05) is 5.02 Å². The van der Waals surface area contributed by atoms with Crippen LogP contribution in [0.4, 0.5) is 4.79 Å². The molecule has 2 amide bonds. The van der Waals surface area contributed by atoms with Crippen molar-refractivity contribution >= 4 is 34.6 Å². The number of nitrogens with one attached hydrogen (secondary N) is 3. The predicted molar refractivity (Wildman–Crippen MR) is 89.9 cm³/mol. The smallest absolute Gasteiger partial charge is 0.405 e. The van der Waals surface area contributed by atoms with Crippen molar-refractivity contribution in [1.82, 2.24) is 20.6 Å². The Bertz CT molecular complexity index is 768. The number of carbonyl (C=O) groups is 2. The molecule has 0 saturated heterocycles. The van der Waals surface area contributed by atoms with E-state index in [9.17, 15) is 9.59 Å². The fourth-order valence-electron chi connectivity index (χ4n) is 3.22. The molecule has 0 atom stereocenters. The standard InChI is InChI=1S/C16H19ClN4O3/c17-10-4-5-11-12(8-10)20-13(19-11)9-18-14(22)16(21-15(23)24)6-2-1-3-7-16/h4-5,8,21H,1-3,6-7,9H2,(H,18,22)(H,19,20)(H,23,24). The normalized spacial score (nSPS) is 16.7. The number of fused-ring (bicyclic) bond motifs is 1. The van der Waals surface area contributed by atoms with E-state index in [1.54, 1.807) is 18.2 Å². The quantitative estimate of drug-likeness (QED) is 0.680. The van der Waals surface area contributed by atoms with Crippen LogP contribution >= 0.6 is 11.6 Å². The fourth-order valence-corrected chi connectivity index (χ4v) is 3.39. The Morgan fingerprint density at radius 1 is 1.29 bits per heavy atom. The number of imidazole rings is 1. The SMILES string of the molecule is O=C(O)NC1(C(=O)NCc2nc3ccc(Cl)cc3[nH]2)CCCCC1. The molecule has 1 aliphatic carbocycles. The van der Waals surface area contributed by atoms with E-state index >= 15 is 0 Å². The second kappa shape index (κ2) is 6.68. The van der Waals surface area contributed by atoms with Gasteiger partial charge in [0.2, 0.25) is 5.91 Å². The van der Waals surface area contributed by atoms with Crippen LogP contribution < -0.4 is 10.6 Å². The Hall–Kier alpha value is -2.28. The maximum absolute atomic E-state index is 12.6. The summed E-state index contributed by atoms with van der Waals surface area (Å²) in [6.45, 7) is 0.203. The molecule has 128 valence electrons. The lowest BCUT2D eigenvalue weighted by Crippen LogP contribution is -2.59. The molecular formula is C16H19ClN4O3. The molecule has 0 aliphatic heterocycles. The maximum Gasteiger partial charge on any atom is 0.405 e. The number of hydrogen-bond acceptors (Lipinski definition) is 3. The molecule has 0 radical (unpaired) electrons. The van der Waals surface area contributed by atoms with Crippen LogP contribution in [0.3, 0.4) is 0 Å². The Balaban J connectivity index is 1.71. The van der Waals surface area contributed by atoms with E-state index in [-0.39, 0.29) is 12.5 Å². The largest absolute Gasteiger partial charge is 0.465 e. The summed E-state index contributed by atoms with van der Waals surface area (Å²) < 4.78 is 0. The number of benzene rings is 1. The Labute approximate surface area is 143 Å². The van der Waals surface area contributed by atoms with Crippen LogP contribution in [0, 0.1) is 0 Å². The molecule has 2 aromatic rings. The van der Waals surface area contributed by atoms with Crippen molar-refractivity contribution in [3.05, 3.63) is 29.0 Å². The third-order valence-corrected chi connectivity index (χ3v) is 4.63. The van der Waals surface area contributed by atoms with Crippen molar-refractivity contribution < 1.29 is 14.7 Å². The van der Waals surface area contributed by atoms with Gasteiger partial charge in [0.25, 0.3) is 0 Å². The third kappa shape index (κ3) is 3.46. The van der Waals surface area contributed by atoms with Crippen molar-refractivity contribution in [3.63, 3.8) is 0 Å². The minimum atomic E-state index is -1.18. The molecule has 0 spiro atoms. The molecule has 7 nitrogen and oxygen atoms in total. The van der Waals surface area contributed by atoms with E-state index in [0.717, 1.165) is 30.3 Å². The van der Waals surface area contributed by atoms with E-state index in [4.69, 9.17) is 16.7 Å². The highest BCUT2D eigenvalue weighted by Crippen LogP contribution is 2.28. The highest BCUT2D eigenvalue weighted by atomic mass is 35.5. The lowest BCUT2D eigenvalue weighted by atomic mass is 9.81. The summed E-state index contributed by atoms with van der Waals surface area (Å²) >= 11 is 5.94. The van der Waals surface area contributed by atoms with Gasteiger partial charge in [0.1, 0.15) is 11.4 Å². The van der Waals surface area contributed by atoms with Crippen LogP contribution in [-0.2, 0) is 11.3 Å². The summed E-state index contributed by atoms with van der Waals surface area (Å²) in [5, 5.41) is 14.9. The summed E-state index contributed by atoms with van der Waals surface area (Å²) in [5.74, 6) is 0.296. The molecule has 8 heteroatoms. The highest BCUT2D eigenvalue weighted by molar-refractivity contribution is 6.31. The van der Waals surface area contributed by atoms with Gasteiger partial charge in [-0.3, -0.25) is 4.79 Å². The van der Waals surface area contributed by atoms with Crippen LogP contribution in [0.15, 0.2) is 18.2 Å². The molecule has 1 aromatic carbocycles. The number of carboxylic acid groups (broad SMARTS) is 1. The number of amides is 2. The first kappa shape index (κ1) is 16.6. The summed E-state index contributed by atoms with van der Waals surface area (Å²) in [4.78, 5) is 31.2. The Kier molecular flexibility index (Phi) is 4.62. The molecule has 1 heterocycles.